The lowest BCUT2D eigenvalue weighted by Crippen LogP contribution is -2.07. The number of hydrogen-bond donors (Lipinski definition) is 1. The largest absolute Gasteiger partial charge is 0.337 e. The molecule has 19 heavy (non-hydrogen) atoms. The molecule has 1 aromatic carbocycles. The Hall–Kier alpha value is -2.14. The summed E-state index contributed by atoms with van der Waals surface area (Å²) in [6, 6.07) is 10.3. The fraction of sp³-hybridized carbons (Fsp3) is 0.143. The van der Waals surface area contributed by atoms with Crippen LogP contribution in [0.1, 0.15) is 0 Å². The van der Waals surface area contributed by atoms with Gasteiger partial charge in [-0.3, -0.25) is 0 Å². The van der Waals surface area contributed by atoms with Crippen LogP contribution in [0.4, 0.5) is 0 Å². The average Bonchev–Trinajstić information content (AvgIpc) is 3.07. The Morgan fingerprint density at radius 1 is 1.16 bits per heavy atom. The Kier molecular flexibility index (Phi) is 3.29. The van der Waals surface area contributed by atoms with E-state index in [0.717, 1.165) is 23.6 Å². The smallest absolute Gasteiger partial charge is 0.177 e. The zero-order valence-corrected chi connectivity index (χ0v) is 11.2. The Balaban J connectivity index is 1.89. The van der Waals surface area contributed by atoms with E-state index in [4.69, 9.17) is 12.2 Å². The van der Waals surface area contributed by atoms with Crippen LogP contribution in [-0.2, 0) is 13.1 Å². The lowest BCUT2D eigenvalue weighted by atomic mass is 10.2. The van der Waals surface area contributed by atoms with Crippen molar-refractivity contribution < 1.29 is 0 Å². The van der Waals surface area contributed by atoms with Gasteiger partial charge < -0.3 is 14.1 Å². The molecule has 0 spiro atoms. The van der Waals surface area contributed by atoms with Crippen molar-refractivity contribution in [2.24, 2.45) is 0 Å². The molecule has 3 aromatic rings. The Morgan fingerprint density at radius 2 is 2.00 bits per heavy atom. The van der Waals surface area contributed by atoms with Gasteiger partial charge in [0, 0.05) is 31.7 Å². The first-order valence-corrected chi connectivity index (χ1v) is 6.55. The van der Waals surface area contributed by atoms with E-state index in [9.17, 15) is 0 Å². The van der Waals surface area contributed by atoms with Crippen molar-refractivity contribution >= 4 is 12.2 Å². The van der Waals surface area contributed by atoms with Crippen LogP contribution in [0.25, 0.3) is 11.3 Å². The van der Waals surface area contributed by atoms with Gasteiger partial charge in [-0.2, -0.15) is 0 Å². The summed E-state index contributed by atoms with van der Waals surface area (Å²) in [5, 5.41) is 0. The average molecular weight is 270 g/mol. The molecule has 0 amide bonds. The number of nitrogens with one attached hydrogen (secondary N) is 1. The normalized spacial score (nSPS) is 10.7. The standard InChI is InChI=1S/C14H14N4S/c19-14-16-10-13(12-4-2-1-3-5-12)18(14)9-8-17-7-6-15-11-17/h1-7,10-11H,8-9H2,(H,16,19). The molecule has 5 heteroatoms. The van der Waals surface area contributed by atoms with Crippen LogP contribution in [0.2, 0.25) is 0 Å². The molecule has 0 unspecified atom stereocenters. The zero-order chi connectivity index (χ0) is 13.1. The van der Waals surface area contributed by atoms with E-state index in [-0.39, 0.29) is 0 Å². The summed E-state index contributed by atoms with van der Waals surface area (Å²) in [7, 11) is 0. The van der Waals surface area contributed by atoms with Crippen molar-refractivity contribution in [3.63, 3.8) is 0 Å². The van der Waals surface area contributed by atoms with Crippen LogP contribution in [0.15, 0.2) is 55.2 Å². The predicted molar refractivity (Wildman–Crippen MR) is 77.3 cm³/mol. The van der Waals surface area contributed by atoms with Crippen molar-refractivity contribution in [3.05, 3.63) is 60.0 Å². The third kappa shape index (κ3) is 2.51. The summed E-state index contributed by atoms with van der Waals surface area (Å²) in [6.45, 7) is 1.68. The van der Waals surface area contributed by atoms with Gasteiger partial charge >= 0.3 is 0 Å². The molecule has 0 saturated carbocycles. The lowest BCUT2D eigenvalue weighted by molar-refractivity contribution is 0.577. The van der Waals surface area contributed by atoms with Gasteiger partial charge in [-0.25, -0.2) is 4.98 Å². The quantitative estimate of drug-likeness (QED) is 0.740. The van der Waals surface area contributed by atoms with Crippen molar-refractivity contribution in [2.75, 3.05) is 0 Å². The van der Waals surface area contributed by atoms with E-state index >= 15 is 0 Å². The highest BCUT2D eigenvalue weighted by atomic mass is 32.1. The van der Waals surface area contributed by atoms with E-state index in [1.165, 1.54) is 5.56 Å². The van der Waals surface area contributed by atoms with Crippen LogP contribution in [0.5, 0.6) is 0 Å². The van der Waals surface area contributed by atoms with E-state index in [2.05, 4.69) is 26.7 Å². The second-order valence-corrected chi connectivity index (χ2v) is 4.68. The molecule has 96 valence electrons. The molecular formula is C14H14N4S. The van der Waals surface area contributed by atoms with E-state index in [1.807, 2.05) is 41.5 Å². The number of aromatic amines is 1. The summed E-state index contributed by atoms with van der Waals surface area (Å²) >= 11 is 5.35. The molecule has 0 atom stereocenters. The predicted octanol–water partition coefficient (Wildman–Crippen LogP) is 3.11. The minimum Gasteiger partial charge on any atom is -0.337 e. The van der Waals surface area contributed by atoms with Crippen LogP contribution < -0.4 is 0 Å². The molecule has 3 rings (SSSR count). The Bertz CT molecular complexity index is 695. The highest BCUT2D eigenvalue weighted by molar-refractivity contribution is 7.71. The third-order valence-electron chi connectivity index (χ3n) is 3.08. The molecule has 0 radical (unpaired) electrons. The van der Waals surface area contributed by atoms with Crippen molar-refractivity contribution in [3.8, 4) is 11.3 Å². The molecule has 0 aliphatic carbocycles. The molecule has 0 aliphatic rings. The van der Waals surface area contributed by atoms with Crippen LogP contribution in [0.3, 0.4) is 0 Å². The van der Waals surface area contributed by atoms with E-state index in [1.54, 1.807) is 6.20 Å². The summed E-state index contributed by atoms with van der Waals surface area (Å²) in [6.07, 6.45) is 7.52. The fourth-order valence-electron chi connectivity index (χ4n) is 2.10. The number of benzene rings is 1. The third-order valence-corrected chi connectivity index (χ3v) is 3.42. The zero-order valence-electron chi connectivity index (χ0n) is 10.4. The minimum atomic E-state index is 0.749. The van der Waals surface area contributed by atoms with Crippen molar-refractivity contribution in [2.45, 2.75) is 13.1 Å². The fourth-order valence-corrected chi connectivity index (χ4v) is 2.35. The molecule has 0 saturated heterocycles. The molecule has 4 nitrogen and oxygen atoms in total. The second-order valence-electron chi connectivity index (χ2n) is 4.30. The van der Waals surface area contributed by atoms with Gasteiger partial charge in [0.15, 0.2) is 4.77 Å². The van der Waals surface area contributed by atoms with Crippen molar-refractivity contribution in [1.29, 1.82) is 0 Å². The number of aromatic nitrogens is 4. The highest BCUT2D eigenvalue weighted by Gasteiger charge is 2.06. The van der Waals surface area contributed by atoms with Crippen molar-refractivity contribution in [1.82, 2.24) is 19.1 Å². The molecular weight excluding hydrogens is 256 g/mol. The topological polar surface area (TPSA) is 38.5 Å². The van der Waals surface area contributed by atoms with Gasteiger partial charge in [0.1, 0.15) is 0 Å². The number of aryl methyl sites for hydroxylation is 1. The second kappa shape index (κ2) is 5.24. The van der Waals surface area contributed by atoms with Gasteiger partial charge in [-0.05, 0) is 17.8 Å². The summed E-state index contributed by atoms with van der Waals surface area (Å²) in [5.41, 5.74) is 2.28. The van der Waals surface area contributed by atoms with Gasteiger partial charge in [0.2, 0.25) is 0 Å². The maximum absolute atomic E-state index is 5.35. The Morgan fingerprint density at radius 3 is 2.74 bits per heavy atom. The maximum Gasteiger partial charge on any atom is 0.177 e. The van der Waals surface area contributed by atoms with Crippen LogP contribution in [-0.4, -0.2) is 19.1 Å². The summed E-state index contributed by atoms with van der Waals surface area (Å²) < 4.78 is 4.91. The molecule has 0 aliphatic heterocycles. The Labute approximate surface area is 116 Å². The van der Waals surface area contributed by atoms with E-state index < -0.39 is 0 Å². The first kappa shape index (κ1) is 11.9. The van der Waals surface area contributed by atoms with Gasteiger partial charge in [-0.1, -0.05) is 30.3 Å². The lowest BCUT2D eigenvalue weighted by Gasteiger charge is -2.09. The molecule has 2 aromatic heterocycles. The van der Waals surface area contributed by atoms with Gasteiger partial charge in [-0.15, -0.1) is 0 Å². The summed E-state index contributed by atoms with van der Waals surface area (Å²) in [5.74, 6) is 0. The monoisotopic (exact) mass is 270 g/mol. The number of nitrogens with zero attached hydrogens (tertiary/aromatic N) is 3. The first-order chi connectivity index (χ1) is 9.34. The van der Waals surface area contributed by atoms with Crippen LogP contribution >= 0.6 is 12.2 Å². The molecule has 0 fully saturated rings. The number of hydrogen-bond acceptors (Lipinski definition) is 2. The molecule has 0 bridgehead atoms. The first-order valence-electron chi connectivity index (χ1n) is 6.14. The van der Waals surface area contributed by atoms with E-state index in [0.29, 0.717) is 0 Å². The minimum absolute atomic E-state index is 0.749. The molecule has 1 N–H and O–H groups in total. The number of rotatable bonds is 4. The highest BCUT2D eigenvalue weighted by Crippen LogP contribution is 2.19. The number of H-pyrrole nitrogens is 1. The SMILES string of the molecule is S=c1[nH]cc(-c2ccccc2)n1CCn1ccnc1. The van der Waals surface area contributed by atoms with Gasteiger partial charge in [0.05, 0.1) is 12.0 Å². The van der Waals surface area contributed by atoms with Crippen LogP contribution in [0, 0.1) is 4.77 Å². The molecule has 2 heterocycles. The maximum atomic E-state index is 5.35. The number of imidazole rings is 2. The van der Waals surface area contributed by atoms with Gasteiger partial charge in [0.25, 0.3) is 0 Å². The summed E-state index contributed by atoms with van der Waals surface area (Å²) in [4.78, 5) is 7.16.